The van der Waals surface area contributed by atoms with Crippen LogP contribution in [0, 0.1) is 5.92 Å². The van der Waals surface area contributed by atoms with Gasteiger partial charge >= 0.3 is 0 Å². The summed E-state index contributed by atoms with van der Waals surface area (Å²) in [6.07, 6.45) is 12.0. The Balaban J connectivity index is 1.48. The number of nitrogens with zero attached hydrogens (tertiary/aromatic N) is 2. The molecular weight excluding hydrogens is 588 g/mol. The lowest BCUT2D eigenvalue weighted by Gasteiger charge is -2.27. The van der Waals surface area contributed by atoms with Crippen LogP contribution >= 0.6 is 11.6 Å². The standard InChI is InChI=1S/C37H45ClN2O3S/c1-7-39-31-16-10-8-14-29(31)36(3,4)33(39)22-20-27-19-18-26(2)28(35(27)38)21-23-34-37(5,6)30-15-9-11-17-32(30)40(34)24-12-13-25-44(41,42)43/h8-11,14-17,20-23,26H,7,12-13,18-19,24-25H2,1-6H3/p+1/t26-/m0/s1. The number of benzene rings is 2. The number of fused-ring (bicyclic) bond motifs is 2. The molecule has 0 spiro atoms. The van der Waals surface area contributed by atoms with E-state index in [-0.39, 0.29) is 16.6 Å². The Labute approximate surface area is 269 Å². The highest BCUT2D eigenvalue weighted by Crippen LogP contribution is 2.48. The summed E-state index contributed by atoms with van der Waals surface area (Å²) in [7, 11) is -3.97. The Kier molecular flexibility index (Phi) is 9.19. The fraction of sp³-hybridized carbons (Fsp3) is 0.432. The molecule has 5 nitrogen and oxygen atoms in total. The van der Waals surface area contributed by atoms with Crippen molar-refractivity contribution in [2.75, 3.05) is 23.7 Å². The van der Waals surface area contributed by atoms with E-state index in [1.165, 1.54) is 28.1 Å². The number of allylic oxidation sites excluding steroid dienone is 8. The number of anilines is 1. The van der Waals surface area contributed by atoms with Gasteiger partial charge in [0.1, 0.15) is 6.54 Å². The van der Waals surface area contributed by atoms with Crippen molar-refractivity contribution >= 4 is 38.8 Å². The first kappa shape index (κ1) is 32.5. The van der Waals surface area contributed by atoms with Gasteiger partial charge in [-0.2, -0.15) is 13.0 Å². The lowest BCUT2D eigenvalue weighted by Crippen LogP contribution is -2.28. The lowest BCUT2D eigenvalue weighted by molar-refractivity contribution is -0.438. The fourth-order valence-electron chi connectivity index (χ4n) is 7.20. The van der Waals surface area contributed by atoms with Crippen molar-refractivity contribution in [3.63, 3.8) is 0 Å². The number of likely N-dealkylation sites (N-methyl/N-ethyl adjacent to an activating group) is 1. The molecule has 0 saturated carbocycles. The average Bonchev–Trinajstić information content (AvgIpc) is 3.33. The molecular formula is C37H46ClN2O3S+. The van der Waals surface area contributed by atoms with Crippen molar-refractivity contribution in [1.29, 1.82) is 0 Å². The van der Waals surface area contributed by atoms with Gasteiger partial charge in [-0.1, -0.05) is 80.9 Å². The van der Waals surface area contributed by atoms with E-state index in [1.54, 1.807) is 0 Å². The van der Waals surface area contributed by atoms with Crippen LogP contribution in [-0.4, -0.2) is 42.1 Å². The highest BCUT2D eigenvalue weighted by molar-refractivity contribution is 7.85. The molecule has 0 radical (unpaired) electrons. The second kappa shape index (κ2) is 12.5. The molecule has 0 saturated heterocycles. The summed E-state index contributed by atoms with van der Waals surface area (Å²) in [6, 6.07) is 17.1. The maximum absolute atomic E-state index is 11.3. The quantitative estimate of drug-likeness (QED) is 0.170. The Bertz CT molecular complexity index is 1710. The van der Waals surface area contributed by atoms with Crippen LogP contribution in [0.5, 0.6) is 0 Å². The second-order valence-electron chi connectivity index (χ2n) is 13.3. The second-order valence-corrected chi connectivity index (χ2v) is 15.3. The predicted octanol–water partition coefficient (Wildman–Crippen LogP) is 8.84. The van der Waals surface area contributed by atoms with Crippen molar-refractivity contribution in [3.8, 4) is 0 Å². The zero-order valence-corrected chi connectivity index (χ0v) is 28.5. The summed E-state index contributed by atoms with van der Waals surface area (Å²) in [5, 5.41) is 0.835. The maximum Gasteiger partial charge on any atom is 0.264 e. The van der Waals surface area contributed by atoms with Crippen molar-refractivity contribution in [1.82, 2.24) is 0 Å². The van der Waals surface area contributed by atoms with Gasteiger partial charge < -0.3 is 4.90 Å². The molecule has 0 amide bonds. The van der Waals surface area contributed by atoms with Crippen LogP contribution < -0.4 is 4.90 Å². The number of halogens is 1. The van der Waals surface area contributed by atoms with Gasteiger partial charge in [-0.3, -0.25) is 4.55 Å². The topological polar surface area (TPSA) is 60.6 Å². The molecule has 0 fully saturated rings. The molecule has 234 valence electrons. The Morgan fingerprint density at radius 2 is 1.66 bits per heavy atom. The molecule has 7 heteroatoms. The van der Waals surface area contributed by atoms with E-state index in [0.29, 0.717) is 25.3 Å². The first-order valence-electron chi connectivity index (χ1n) is 15.8. The summed E-state index contributed by atoms with van der Waals surface area (Å²) in [6.45, 7) is 15.1. The third-order valence-electron chi connectivity index (χ3n) is 9.73. The van der Waals surface area contributed by atoms with Crippen molar-refractivity contribution in [2.45, 2.75) is 78.1 Å². The van der Waals surface area contributed by atoms with Gasteiger partial charge in [-0.25, -0.2) is 0 Å². The summed E-state index contributed by atoms with van der Waals surface area (Å²) in [5.41, 5.74) is 9.49. The van der Waals surface area contributed by atoms with Gasteiger partial charge in [0.05, 0.1) is 11.2 Å². The molecule has 0 bridgehead atoms. The Morgan fingerprint density at radius 3 is 2.36 bits per heavy atom. The van der Waals surface area contributed by atoms with E-state index >= 15 is 0 Å². The van der Waals surface area contributed by atoms with Crippen LogP contribution in [0.25, 0.3) is 0 Å². The molecule has 5 rings (SSSR count). The van der Waals surface area contributed by atoms with E-state index in [9.17, 15) is 13.0 Å². The maximum atomic E-state index is 11.3. The molecule has 1 N–H and O–H groups in total. The van der Waals surface area contributed by atoms with Gasteiger partial charge in [-0.15, -0.1) is 0 Å². The summed E-state index contributed by atoms with van der Waals surface area (Å²) < 4.78 is 34.1. The van der Waals surface area contributed by atoms with Crippen LogP contribution in [0.3, 0.4) is 0 Å². The molecule has 2 heterocycles. The lowest BCUT2D eigenvalue weighted by atomic mass is 9.80. The molecule has 0 aromatic heterocycles. The predicted molar refractivity (Wildman–Crippen MR) is 184 cm³/mol. The van der Waals surface area contributed by atoms with Gasteiger partial charge in [-0.05, 0) is 74.8 Å². The Hall–Kier alpha value is -2.93. The van der Waals surface area contributed by atoms with E-state index in [1.807, 2.05) is 6.07 Å². The molecule has 0 unspecified atom stereocenters. The molecule has 3 aliphatic rings. The third kappa shape index (κ3) is 6.14. The van der Waals surface area contributed by atoms with Gasteiger partial charge in [0.25, 0.3) is 10.1 Å². The molecule has 1 aliphatic carbocycles. The highest BCUT2D eigenvalue weighted by Gasteiger charge is 2.44. The van der Waals surface area contributed by atoms with E-state index in [2.05, 4.69) is 118 Å². The molecule has 2 aliphatic heterocycles. The number of unbranched alkanes of at least 4 members (excludes halogenated alkanes) is 1. The monoisotopic (exact) mass is 633 g/mol. The molecule has 2 aromatic rings. The SMILES string of the molecule is CCN1/C(=C/C=C2\CC[C@H](C)C(/C=C/C3=[N+](CCCCS(=O)(=O)O)c4ccccc4C3(C)C)=C2Cl)C(C)(C)c2ccccc21. The fourth-order valence-corrected chi connectivity index (χ4v) is 8.17. The first-order valence-corrected chi connectivity index (χ1v) is 17.8. The minimum absolute atomic E-state index is 0.0882. The van der Waals surface area contributed by atoms with Crippen LogP contribution in [0.1, 0.15) is 78.4 Å². The minimum atomic E-state index is -3.97. The Morgan fingerprint density at radius 1 is 0.977 bits per heavy atom. The third-order valence-corrected chi connectivity index (χ3v) is 11.0. The zero-order valence-electron chi connectivity index (χ0n) is 26.9. The van der Waals surface area contributed by atoms with E-state index in [4.69, 9.17) is 11.6 Å². The average molecular weight is 634 g/mol. The number of rotatable bonds is 9. The zero-order chi connectivity index (χ0) is 31.9. The number of hydrogen-bond acceptors (Lipinski definition) is 3. The smallest absolute Gasteiger partial charge is 0.264 e. The summed E-state index contributed by atoms with van der Waals surface area (Å²) >= 11 is 7.20. The van der Waals surface area contributed by atoms with Crippen LogP contribution in [0.2, 0.25) is 0 Å². The van der Waals surface area contributed by atoms with Crippen LogP contribution in [0.4, 0.5) is 11.4 Å². The van der Waals surface area contributed by atoms with Gasteiger partial charge in [0, 0.05) is 52.5 Å². The molecule has 2 aromatic carbocycles. The van der Waals surface area contributed by atoms with Crippen molar-refractivity contribution in [3.05, 3.63) is 106 Å². The molecule has 44 heavy (non-hydrogen) atoms. The van der Waals surface area contributed by atoms with Crippen molar-refractivity contribution in [2.24, 2.45) is 5.92 Å². The first-order chi connectivity index (χ1) is 20.8. The van der Waals surface area contributed by atoms with E-state index in [0.717, 1.165) is 41.4 Å². The van der Waals surface area contributed by atoms with Gasteiger partial charge in [0.15, 0.2) is 5.71 Å². The summed E-state index contributed by atoms with van der Waals surface area (Å²) in [4.78, 5) is 2.41. The summed E-state index contributed by atoms with van der Waals surface area (Å²) in [5.74, 6) is 0.111. The number of hydrogen-bond donors (Lipinski definition) is 1. The van der Waals surface area contributed by atoms with Crippen molar-refractivity contribution < 1.29 is 17.5 Å². The largest absolute Gasteiger partial charge is 0.344 e. The highest BCUT2D eigenvalue weighted by atomic mass is 35.5. The normalized spacial score (nSPS) is 22.9. The van der Waals surface area contributed by atoms with E-state index < -0.39 is 10.1 Å². The van der Waals surface area contributed by atoms with Crippen LogP contribution in [-0.2, 0) is 20.9 Å². The molecule has 1 atom stereocenters. The minimum Gasteiger partial charge on any atom is -0.344 e. The van der Waals surface area contributed by atoms with Gasteiger partial charge in [0.2, 0.25) is 5.69 Å². The van der Waals surface area contributed by atoms with Crippen LogP contribution in [0.15, 0.2) is 94.7 Å². The number of para-hydroxylation sites is 2.